The summed E-state index contributed by atoms with van der Waals surface area (Å²) in [5, 5.41) is 8.92. The van der Waals surface area contributed by atoms with Crippen LogP contribution in [0.3, 0.4) is 0 Å². The molecule has 0 bridgehead atoms. The minimum absolute atomic E-state index is 0.00161. The van der Waals surface area contributed by atoms with Crippen LogP contribution in [0.15, 0.2) is 24.3 Å². The minimum Gasteiger partial charge on any atom is -0.491 e. The molecule has 0 spiro atoms. The average Bonchev–Trinajstić information content (AvgIpc) is 2.29. The van der Waals surface area contributed by atoms with E-state index in [4.69, 9.17) is 21.3 Å². The lowest BCUT2D eigenvalue weighted by molar-refractivity contribution is -0.123. The Hall–Kier alpha value is -1.59. The van der Waals surface area contributed by atoms with Gasteiger partial charge in [-0.25, -0.2) is 0 Å². The Morgan fingerprint density at radius 1 is 1.44 bits per heavy atom. The lowest BCUT2D eigenvalue weighted by Gasteiger charge is -2.25. The van der Waals surface area contributed by atoms with Crippen molar-refractivity contribution in [3.63, 3.8) is 0 Å². The maximum absolute atomic E-state index is 11.1. The predicted octanol–water partition coefficient (Wildman–Crippen LogP) is 0.539. The summed E-state index contributed by atoms with van der Waals surface area (Å²) in [4.78, 5) is 11.1. The third-order valence-corrected chi connectivity index (χ3v) is 2.72. The fourth-order valence-electron chi connectivity index (χ4n) is 1.65. The maximum Gasteiger partial charge on any atom is 0.237 e. The highest BCUT2D eigenvalue weighted by atomic mass is 16.5. The maximum atomic E-state index is 11.1. The summed E-state index contributed by atoms with van der Waals surface area (Å²) in [6, 6.07) is 7.08. The Morgan fingerprint density at radius 2 is 2.00 bits per heavy atom. The molecule has 0 aliphatic heterocycles. The molecule has 0 aliphatic carbocycles. The SMILES string of the molecule is CC(CC(C)(N)C(N)=O)Oc1ccc(CO)cc1. The number of aliphatic hydroxyl groups excluding tert-OH is 1. The van der Waals surface area contributed by atoms with E-state index in [1.165, 1.54) is 0 Å². The number of rotatable bonds is 6. The standard InChI is InChI=1S/C13H20N2O3/c1-9(7-13(2,15)12(14)17)18-11-5-3-10(8-16)4-6-11/h3-6,9,16H,7-8,15H2,1-2H3,(H2,14,17). The van der Waals surface area contributed by atoms with E-state index in [2.05, 4.69) is 0 Å². The number of ether oxygens (including phenoxy) is 1. The first-order valence-electron chi connectivity index (χ1n) is 5.80. The van der Waals surface area contributed by atoms with Crippen molar-refractivity contribution < 1.29 is 14.6 Å². The van der Waals surface area contributed by atoms with Gasteiger partial charge >= 0.3 is 0 Å². The fourth-order valence-corrected chi connectivity index (χ4v) is 1.65. The molecule has 0 aromatic heterocycles. The van der Waals surface area contributed by atoms with Crippen molar-refractivity contribution in [3.05, 3.63) is 29.8 Å². The van der Waals surface area contributed by atoms with Gasteiger partial charge in [-0.05, 0) is 31.5 Å². The van der Waals surface area contributed by atoms with E-state index in [1.54, 1.807) is 31.2 Å². The largest absolute Gasteiger partial charge is 0.491 e. The first-order chi connectivity index (χ1) is 8.35. The molecule has 0 saturated heterocycles. The number of hydrogen-bond acceptors (Lipinski definition) is 4. The Morgan fingerprint density at radius 3 is 2.44 bits per heavy atom. The fraction of sp³-hybridized carbons (Fsp3) is 0.462. The van der Waals surface area contributed by atoms with E-state index < -0.39 is 11.4 Å². The van der Waals surface area contributed by atoms with Crippen LogP contribution in [-0.2, 0) is 11.4 Å². The highest BCUT2D eigenvalue weighted by Crippen LogP contribution is 2.17. The Kier molecular flexibility index (Phi) is 4.69. The molecule has 0 heterocycles. The van der Waals surface area contributed by atoms with Gasteiger partial charge in [0, 0.05) is 6.42 Å². The van der Waals surface area contributed by atoms with Crippen LogP contribution < -0.4 is 16.2 Å². The zero-order chi connectivity index (χ0) is 13.8. The summed E-state index contributed by atoms with van der Waals surface area (Å²) in [6.45, 7) is 3.41. The molecule has 2 unspecified atom stereocenters. The quantitative estimate of drug-likeness (QED) is 0.688. The van der Waals surface area contributed by atoms with Gasteiger partial charge in [-0.1, -0.05) is 12.1 Å². The molecule has 0 fully saturated rings. The highest BCUT2D eigenvalue weighted by Gasteiger charge is 2.28. The highest BCUT2D eigenvalue weighted by molar-refractivity contribution is 5.83. The molecule has 1 amide bonds. The second-order valence-electron chi connectivity index (χ2n) is 4.72. The van der Waals surface area contributed by atoms with E-state index in [1.807, 2.05) is 6.92 Å². The van der Waals surface area contributed by atoms with Crippen molar-refractivity contribution in [2.45, 2.75) is 38.5 Å². The number of hydrogen-bond donors (Lipinski definition) is 3. The van der Waals surface area contributed by atoms with Gasteiger partial charge in [0.15, 0.2) is 0 Å². The van der Waals surface area contributed by atoms with Crippen molar-refractivity contribution in [3.8, 4) is 5.75 Å². The second-order valence-corrected chi connectivity index (χ2v) is 4.72. The molecule has 1 rings (SSSR count). The van der Waals surface area contributed by atoms with Crippen molar-refractivity contribution >= 4 is 5.91 Å². The monoisotopic (exact) mass is 252 g/mol. The summed E-state index contributed by atoms with van der Waals surface area (Å²) < 4.78 is 5.63. The van der Waals surface area contributed by atoms with Crippen molar-refractivity contribution in [2.24, 2.45) is 11.5 Å². The number of amides is 1. The summed E-state index contributed by atoms with van der Waals surface area (Å²) >= 11 is 0. The zero-order valence-electron chi connectivity index (χ0n) is 10.7. The van der Waals surface area contributed by atoms with Crippen LogP contribution in [0.1, 0.15) is 25.8 Å². The van der Waals surface area contributed by atoms with E-state index in [9.17, 15) is 4.79 Å². The smallest absolute Gasteiger partial charge is 0.237 e. The number of primary amides is 1. The number of carbonyl (C=O) groups is 1. The van der Waals surface area contributed by atoms with E-state index in [-0.39, 0.29) is 12.7 Å². The van der Waals surface area contributed by atoms with Gasteiger partial charge < -0.3 is 21.3 Å². The zero-order valence-corrected chi connectivity index (χ0v) is 10.7. The van der Waals surface area contributed by atoms with Crippen LogP contribution in [0.25, 0.3) is 0 Å². The molecule has 5 heteroatoms. The molecule has 5 nitrogen and oxygen atoms in total. The van der Waals surface area contributed by atoms with Crippen molar-refractivity contribution in [1.29, 1.82) is 0 Å². The molecule has 0 saturated carbocycles. The Balaban J connectivity index is 2.58. The first kappa shape index (κ1) is 14.5. The molecule has 100 valence electrons. The van der Waals surface area contributed by atoms with Gasteiger partial charge in [0.2, 0.25) is 5.91 Å². The molecule has 5 N–H and O–H groups in total. The molecule has 1 aromatic carbocycles. The van der Waals surface area contributed by atoms with Gasteiger partial charge in [-0.15, -0.1) is 0 Å². The van der Waals surface area contributed by atoms with Crippen LogP contribution in [0, 0.1) is 0 Å². The van der Waals surface area contributed by atoms with Crippen LogP contribution in [-0.4, -0.2) is 22.7 Å². The summed E-state index contributed by atoms with van der Waals surface area (Å²) in [5.41, 5.74) is 10.7. The Bertz CT molecular complexity index is 401. The van der Waals surface area contributed by atoms with Gasteiger partial charge in [0.1, 0.15) is 5.75 Å². The number of benzene rings is 1. The predicted molar refractivity (Wildman–Crippen MR) is 68.9 cm³/mol. The second kappa shape index (κ2) is 5.84. The number of aliphatic hydroxyl groups is 1. The van der Waals surface area contributed by atoms with Crippen LogP contribution in [0.5, 0.6) is 5.75 Å². The van der Waals surface area contributed by atoms with Crippen LogP contribution in [0.2, 0.25) is 0 Å². The third-order valence-electron chi connectivity index (χ3n) is 2.72. The first-order valence-corrected chi connectivity index (χ1v) is 5.80. The summed E-state index contributed by atoms with van der Waals surface area (Å²) in [7, 11) is 0. The van der Waals surface area contributed by atoms with E-state index >= 15 is 0 Å². The summed E-state index contributed by atoms with van der Waals surface area (Å²) in [5.74, 6) is 0.119. The van der Waals surface area contributed by atoms with Gasteiger partial charge in [-0.2, -0.15) is 0 Å². The molecule has 1 aromatic rings. The van der Waals surface area contributed by atoms with Crippen molar-refractivity contribution in [2.75, 3.05) is 0 Å². The summed E-state index contributed by atoms with van der Waals surface area (Å²) in [6.07, 6.45) is 0.108. The molecule has 18 heavy (non-hydrogen) atoms. The molecule has 2 atom stereocenters. The normalized spacial score (nSPS) is 15.8. The third kappa shape index (κ3) is 4.01. The number of nitrogens with two attached hydrogens (primary N) is 2. The molecular weight excluding hydrogens is 232 g/mol. The van der Waals surface area contributed by atoms with E-state index in [0.29, 0.717) is 12.2 Å². The van der Waals surface area contributed by atoms with Crippen LogP contribution in [0.4, 0.5) is 0 Å². The van der Waals surface area contributed by atoms with Gasteiger partial charge in [-0.3, -0.25) is 4.79 Å². The number of carbonyl (C=O) groups excluding carboxylic acids is 1. The topological polar surface area (TPSA) is 98.6 Å². The van der Waals surface area contributed by atoms with E-state index in [0.717, 1.165) is 5.56 Å². The molecule has 0 radical (unpaired) electrons. The average molecular weight is 252 g/mol. The lowest BCUT2D eigenvalue weighted by atomic mass is 9.95. The van der Waals surface area contributed by atoms with Gasteiger partial charge in [0.05, 0.1) is 18.2 Å². The van der Waals surface area contributed by atoms with Crippen LogP contribution >= 0.6 is 0 Å². The Labute approximate surface area is 107 Å². The lowest BCUT2D eigenvalue weighted by Crippen LogP contribution is -2.51. The van der Waals surface area contributed by atoms with Crippen molar-refractivity contribution in [1.82, 2.24) is 0 Å². The molecular formula is C13H20N2O3. The van der Waals surface area contributed by atoms with Gasteiger partial charge in [0.25, 0.3) is 0 Å². The minimum atomic E-state index is -1.08. The molecule has 0 aliphatic rings.